The van der Waals surface area contributed by atoms with Crippen LogP contribution in [-0.4, -0.2) is 40.8 Å². The third-order valence-corrected chi connectivity index (χ3v) is 4.98. The molecule has 142 valence electrons. The fourth-order valence-electron chi connectivity index (χ4n) is 3.68. The molecule has 0 N–H and O–H groups in total. The Morgan fingerprint density at radius 2 is 2.11 bits per heavy atom. The third-order valence-electron chi connectivity index (χ3n) is 4.78. The van der Waals surface area contributed by atoms with Gasteiger partial charge in [0.15, 0.2) is 5.82 Å². The normalized spacial score (nSPS) is 18.9. The van der Waals surface area contributed by atoms with E-state index in [1.165, 1.54) is 0 Å². The second kappa shape index (κ2) is 6.68. The standard InChI is InChI=1S/C20H23ClN4O2/c1-20(2,3)27-19(26)25-15-5-4-8-24(12-15)17-7-6-16(23-18(17)25)13-9-14(21)11-22-10-13/h6-7,9-11,15H,4-5,8,12H2,1-3H3. The van der Waals surface area contributed by atoms with Crippen molar-refractivity contribution in [1.82, 2.24) is 9.97 Å². The van der Waals surface area contributed by atoms with Crippen molar-refractivity contribution in [2.45, 2.75) is 45.3 Å². The summed E-state index contributed by atoms with van der Waals surface area (Å²) in [6.45, 7) is 7.43. The van der Waals surface area contributed by atoms with Crippen molar-refractivity contribution in [2.75, 3.05) is 22.9 Å². The molecule has 27 heavy (non-hydrogen) atoms. The number of piperidine rings is 1. The van der Waals surface area contributed by atoms with Gasteiger partial charge in [0.05, 0.1) is 22.4 Å². The van der Waals surface area contributed by atoms with E-state index in [1.807, 2.05) is 39.0 Å². The molecule has 2 aliphatic rings. The second-order valence-electron chi connectivity index (χ2n) is 8.02. The van der Waals surface area contributed by atoms with Crippen LogP contribution in [0.3, 0.4) is 0 Å². The molecule has 4 rings (SSSR count). The Labute approximate surface area is 164 Å². The minimum absolute atomic E-state index is 0.0707. The first-order chi connectivity index (χ1) is 12.8. The van der Waals surface area contributed by atoms with Crippen molar-refractivity contribution in [3.05, 3.63) is 35.6 Å². The number of fused-ring (bicyclic) bond motifs is 4. The number of ether oxygens (including phenoxy) is 1. The molecule has 2 aliphatic heterocycles. The van der Waals surface area contributed by atoms with Gasteiger partial charge in [-0.1, -0.05) is 11.6 Å². The highest BCUT2D eigenvalue weighted by Gasteiger charge is 2.40. The molecule has 0 radical (unpaired) electrons. The number of pyridine rings is 2. The smallest absolute Gasteiger partial charge is 0.416 e. The number of rotatable bonds is 1. The third kappa shape index (κ3) is 3.58. The molecule has 0 aromatic carbocycles. The van der Waals surface area contributed by atoms with Crippen molar-refractivity contribution < 1.29 is 9.53 Å². The van der Waals surface area contributed by atoms with Gasteiger partial charge in [-0.2, -0.15) is 0 Å². The highest BCUT2D eigenvalue weighted by Crippen LogP contribution is 2.40. The summed E-state index contributed by atoms with van der Waals surface area (Å²) in [5, 5.41) is 0.552. The van der Waals surface area contributed by atoms with Gasteiger partial charge in [0.25, 0.3) is 0 Å². The monoisotopic (exact) mass is 386 g/mol. The van der Waals surface area contributed by atoms with Gasteiger partial charge in [-0.25, -0.2) is 9.78 Å². The number of amides is 1. The molecule has 6 nitrogen and oxygen atoms in total. The maximum atomic E-state index is 13.0. The lowest BCUT2D eigenvalue weighted by Crippen LogP contribution is -2.56. The summed E-state index contributed by atoms with van der Waals surface area (Å²) >= 11 is 6.08. The van der Waals surface area contributed by atoms with E-state index >= 15 is 0 Å². The summed E-state index contributed by atoms with van der Waals surface area (Å²) < 4.78 is 5.69. The maximum absolute atomic E-state index is 13.0. The number of halogens is 1. The Balaban J connectivity index is 1.79. The molecule has 0 aliphatic carbocycles. The minimum Gasteiger partial charge on any atom is -0.443 e. The molecule has 1 unspecified atom stereocenters. The fourth-order valence-corrected chi connectivity index (χ4v) is 3.86. The lowest BCUT2D eigenvalue weighted by atomic mass is 9.99. The number of nitrogens with zero attached hydrogens (tertiary/aromatic N) is 4. The van der Waals surface area contributed by atoms with Crippen LogP contribution in [0.4, 0.5) is 16.3 Å². The summed E-state index contributed by atoms with van der Waals surface area (Å²) in [6, 6.07) is 5.87. The zero-order valence-electron chi connectivity index (χ0n) is 15.8. The maximum Gasteiger partial charge on any atom is 0.416 e. The molecule has 2 aromatic rings. The van der Waals surface area contributed by atoms with E-state index in [9.17, 15) is 4.79 Å². The van der Waals surface area contributed by atoms with Crippen molar-refractivity contribution in [2.24, 2.45) is 0 Å². The predicted molar refractivity (Wildman–Crippen MR) is 106 cm³/mol. The summed E-state index contributed by atoms with van der Waals surface area (Å²) in [7, 11) is 0. The minimum atomic E-state index is -0.558. The molecule has 1 atom stereocenters. The Kier molecular flexibility index (Phi) is 4.46. The van der Waals surface area contributed by atoms with Gasteiger partial charge in [-0.15, -0.1) is 0 Å². The van der Waals surface area contributed by atoms with Crippen LogP contribution in [0.2, 0.25) is 5.02 Å². The van der Waals surface area contributed by atoms with Gasteiger partial charge in [0.2, 0.25) is 0 Å². The topological polar surface area (TPSA) is 58.6 Å². The SMILES string of the molecule is CC(C)(C)OC(=O)N1c2nc(-c3cncc(Cl)c3)ccc2N2CCCC1C2. The number of carbonyl (C=O) groups excluding carboxylic acids is 1. The Morgan fingerprint density at radius 1 is 1.30 bits per heavy atom. The number of aromatic nitrogens is 2. The number of hydrogen-bond acceptors (Lipinski definition) is 5. The van der Waals surface area contributed by atoms with Crippen LogP contribution in [-0.2, 0) is 4.74 Å². The van der Waals surface area contributed by atoms with E-state index in [0.29, 0.717) is 10.8 Å². The van der Waals surface area contributed by atoms with E-state index in [-0.39, 0.29) is 12.1 Å². The first-order valence-electron chi connectivity index (χ1n) is 9.21. The summed E-state index contributed by atoms with van der Waals surface area (Å²) in [6.07, 6.45) is 4.96. The van der Waals surface area contributed by atoms with Gasteiger partial charge >= 0.3 is 6.09 Å². The van der Waals surface area contributed by atoms with Crippen LogP contribution in [0.25, 0.3) is 11.3 Å². The van der Waals surface area contributed by atoms with E-state index in [2.05, 4.69) is 9.88 Å². The van der Waals surface area contributed by atoms with E-state index in [4.69, 9.17) is 21.3 Å². The summed E-state index contributed by atoms with van der Waals surface area (Å²) in [5.41, 5.74) is 1.96. The molecular formula is C20H23ClN4O2. The largest absolute Gasteiger partial charge is 0.443 e. The predicted octanol–water partition coefficient (Wildman–Crippen LogP) is 4.52. The number of hydrogen-bond donors (Lipinski definition) is 0. The van der Waals surface area contributed by atoms with Crippen LogP contribution in [0.15, 0.2) is 30.6 Å². The van der Waals surface area contributed by atoms with Crippen molar-refractivity contribution in [1.29, 1.82) is 0 Å². The zero-order chi connectivity index (χ0) is 19.2. The molecule has 7 heteroatoms. The molecule has 1 amide bonds. The van der Waals surface area contributed by atoms with E-state index in [0.717, 1.165) is 42.9 Å². The first-order valence-corrected chi connectivity index (χ1v) is 9.59. The van der Waals surface area contributed by atoms with Gasteiger partial charge in [0.1, 0.15) is 5.60 Å². The molecule has 1 saturated heterocycles. The van der Waals surface area contributed by atoms with Gasteiger partial charge in [-0.05, 0) is 51.8 Å². The molecule has 1 fully saturated rings. The second-order valence-corrected chi connectivity index (χ2v) is 8.46. The lowest BCUT2D eigenvalue weighted by Gasteiger charge is -2.46. The van der Waals surface area contributed by atoms with Gasteiger partial charge < -0.3 is 9.64 Å². The van der Waals surface area contributed by atoms with Crippen LogP contribution in [0, 0.1) is 0 Å². The number of carbonyl (C=O) groups is 1. The van der Waals surface area contributed by atoms with Gasteiger partial charge in [0, 0.05) is 31.0 Å². The van der Waals surface area contributed by atoms with E-state index in [1.54, 1.807) is 17.3 Å². The Hall–Kier alpha value is -2.34. The molecule has 0 saturated carbocycles. The fraction of sp³-hybridized carbons (Fsp3) is 0.450. The molecule has 2 aromatic heterocycles. The molecule has 4 heterocycles. The summed E-state index contributed by atoms with van der Waals surface area (Å²) in [5.74, 6) is 0.651. The van der Waals surface area contributed by atoms with Crippen LogP contribution < -0.4 is 9.80 Å². The molecule has 2 bridgehead atoms. The van der Waals surface area contributed by atoms with Crippen LogP contribution in [0.5, 0.6) is 0 Å². The summed E-state index contributed by atoms with van der Waals surface area (Å²) in [4.78, 5) is 26.0. The van der Waals surface area contributed by atoms with Crippen LogP contribution in [0.1, 0.15) is 33.6 Å². The number of anilines is 2. The van der Waals surface area contributed by atoms with Crippen molar-refractivity contribution in [3.8, 4) is 11.3 Å². The molecule has 0 spiro atoms. The molecular weight excluding hydrogens is 364 g/mol. The Morgan fingerprint density at radius 3 is 2.85 bits per heavy atom. The quantitative estimate of drug-likeness (QED) is 0.721. The Bertz CT molecular complexity index is 881. The highest BCUT2D eigenvalue weighted by molar-refractivity contribution is 6.30. The lowest BCUT2D eigenvalue weighted by molar-refractivity contribution is 0.0558. The van der Waals surface area contributed by atoms with E-state index < -0.39 is 5.60 Å². The van der Waals surface area contributed by atoms with Gasteiger partial charge in [-0.3, -0.25) is 9.88 Å². The van der Waals surface area contributed by atoms with Crippen molar-refractivity contribution >= 4 is 29.2 Å². The van der Waals surface area contributed by atoms with Crippen LogP contribution >= 0.6 is 11.6 Å². The first kappa shape index (κ1) is 18.0. The highest BCUT2D eigenvalue weighted by atomic mass is 35.5. The van der Waals surface area contributed by atoms with Crippen molar-refractivity contribution in [3.63, 3.8) is 0 Å². The average molecular weight is 387 g/mol. The zero-order valence-corrected chi connectivity index (χ0v) is 16.5. The average Bonchev–Trinajstić information content (AvgIpc) is 2.60.